The minimum absolute atomic E-state index is 0.0731. The predicted octanol–water partition coefficient (Wildman–Crippen LogP) is 1.22. The molecule has 0 radical (unpaired) electrons. The summed E-state index contributed by atoms with van der Waals surface area (Å²) >= 11 is 0. The van der Waals surface area contributed by atoms with Gasteiger partial charge in [-0.2, -0.15) is 5.10 Å². The fourth-order valence-corrected chi connectivity index (χ4v) is 2.78. The molecule has 110 valence electrons. The molecule has 1 saturated carbocycles. The van der Waals surface area contributed by atoms with Crippen LogP contribution in [0.15, 0.2) is 17.5 Å². The summed E-state index contributed by atoms with van der Waals surface area (Å²) in [7, 11) is 0. The Labute approximate surface area is 117 Å². The number of amidine groups is 1. The highest BCUT2D eigenvalue weighted by atomic mass is 16.4. The highest BCUT2D eigenvalue weighted by molar-refractivity contribution is 6.00. The molecule has 5 N–H and O–H groups in total. The van der Waals surface area contributed by atoms with E-state index in [1.165, 1.54) is 12.4 Å². The first-order valence-electron chi connectivity index (χ1n) is 6.90. The lowest BCUT2D eigenvalue weighted by atomic mass is 9.74. The molecule has 7 heteroatoms. The van der Waals surface area contributed by atoms with E-state index in [9.17, 15) is 4.79 Å². The lowest BCUT2D eigenvalue weighted by Crippen LogP contribution is -2.59. The number of rotatable bonds is 4. The third-order valence-corrected chi connectivity index (χ3v) is 4.25. The molecule has 1 fully saturated rings. The number of hydrogen-bond donors (Lipinski definition) is 4. The first-order chi connectivity index (χ1) is 9.61. The van der Waals surface area contributed by atoms with Crippen molar-refractivity contribution in [3.05, 3.63) is 18.0 Å². The largest absolute Gasteiger partial charge is 0.409 e. The van der Waals surface area contributed by atoms with E-state index in [1.807, 2.05) is 0 Å². The third kappa shape index (κ3) is 2.76. The molecule has 0 aromatic carbocycles. The minimum atomic E-state index is -0.755. The quantitative estimate of drug-likeness (QED) is 0.287. The second-order valence-corrected chi connectivity index (χ2v) is 5.36. The van der Waals surface area contributed by atoms with Crippen LogP contribution in [0.1, 0.15) is 49.4 Å². The maximum Gasteiger partial charge on any atom is 0.255 e. The monoisotopic (exact) mass is 279 g/mol. The van der Waals surface area contributed by atoms with Gasteiger partial charge in [-0.25, -0.2) is 0 Å². The molecule has 0 bridgehead atoms. The van der Waals surface area contributed by atoms with Gasteiger partial charge >= 0.3 is 0 Å². The van der Waals surface area contributed by atoms with Gasteiger partial charge in [0, 0.05) is 6.20 Å². The fourth-order valence-electron chi connectivity index (χ4n) is 2.78. The molecular weight excluding hydrogens is 258 g/mol. The van der Waals surface area contributed by atoms with Crippen molar-refractivity contribution in [1.82, 2.24) is 15.5 Å². The number of carbonyl (C=O) groups excluding carboxylic acids is 1. The van der Waals surface area contributed by atoms with Crippen molar-refractivity contribution in [2.24, 2.45) is 16.8 Å². The summed E-state index contributed by atoms with van der Waals surface area (Å²) < 4.78 is 0. The standard InChI is InChI=1S/C13H21N5O2/c1-2-9-3-5-13(6-4-9,12(14)18-20)17-11(19)10-7-15-16-8-10/h7-9,20H,2-6H2,1H3,(H2,14,18)(H,15,16)(H,17,19). The van der Waals surface area contributed by atoms with Gasteiger partial charge in [0.05, 0.1) is 11.8 Å². The Morgan fingerprint density at radius 2 is 2.35 bits per heavy atom. The van der Waals surface area contributed by atoms with Crippen LogP contribution in [0, 0.1) is 5.92 Å². The Balaban J connectivity index is 2.15. The van der Waals surface area contributed by atoms with Crippen molar-refractivity contribution < 1.29 is 10.0 Å². The average Bonchev–Trinajstić information content (AvgIpc) is 3.01. The van der Waals surface area contributed by atoms with Crippen LogP contribution in [0.3, 0.4) is 0 Å². The van der Waals surface area contributed by atoms with E-state index in [2.05, 4.69) is 27.6 Å². The molecule has 1 aromatic heterocycles. The van der Waals surface area contributed by atoms with Gasteiger partial charge in [-0.3, -0.25) is 9.89 Å². The summed E-state index contributed by atoms with van der Waals surface area (Å²) in [5.41, 5.74) is 5.52. The molecular formula is C13H21N5O2. The Morgan fingerprint density at radius 1 is 1.65 bits per heavy atom. The van der Waals surface area contributed by atoms with Gasteiger partial charge in [-0.05, 0) is 31.6 Å². The Bertz CT molecular complexity index is 475. The number of aromatic amines is 1. The van der Waals surface area contributed by atoms with Crippen molar-refractivity contribution in [2.75, 3.05) is 0 Å². The summed E-state index contributed by atoms with van der Waals surface area (Å²) in [5.74, 6) is 0.449. The molecule has 1 aromatic rings. The summed E-state index contributed by atoms with van der Waals surface area (Å²) in [6.07, 6.45) is 7.37. The summed E-state index contributed by atoms with van der Waals surface area (Å²) in [4.78, 5) is 12.2. The predicted molar refractivity (Wildman–Crippen MR) is 74.4 cm³/mol. The zero-order valence-corrected chi connectivity index (χ0v) is 11.6. The number of H-pyrrole nitrogens is 1. The number of nitrogens with two attached hydrogens (primary N) is 1. The topological polar surface area (TPSA) is 116 Å². The highest BCUT2D eigenvalue weighted by Gasteiger charge is 2.40. The van der Waals surface area contributed by atoms with E-state index < -0.39 is 5.54 Å². The number of oxime groups is 1. The zero-order valence-electron chi connectivity index (χ0n) is 11.6. The van der Waals surface area contributed by atoms with E-state index in [0.29, 0.717) is 24.3 Å². The Kier molecular flexibility index (Phi) is 4.26. The van der Waals surface area contributed by atoms with E-state index in [-0.39, 0.29) is 11.7 Å². The van der Waals surface area contributed by atoms with E-state index in [4.69, 9.17) is 10.9 Å². The molecule has 1 amide bonds. The van der Waals surface area contributed by atoms with Crippen LogP contribution in [-0.4, -0.2) is 32.7 Å². The van der Waals surface area contributed by atoms with Crippen LogP contribution in [0.25, 0.3) is 0 Å². The molecule has 0 aliphatic heterocycles. The van der Waals surface area contributed by atoms with Crippen LogP contribution in [0.5, 0.6) is 0 Å². The SMILES string of the molecule is CCC1CCC(NC(=O)c2cn[nH]c2)(C(N)=NO)CC1. The normalized spacial score (nSPS) is 27.2. The second kappa shape index (κ2) is 5.94. The molecule has 0 saturated heterocycles. The molecule has 1 aliphatic carbocycles. The minimum Gasteiger partial charge on any atom is -0.409 e. The molecule has 20 heavy (non-hydrogen) atoms. The molecule has 1 aliphatic rings. The number of amides is 1. The number of aromatic nitrogens is 2. The maximum atomic E-state index is 12.2. The van der Waals surface area contributed by atoms with Crippen LogP contribution in [-0.2, 0) is 0 Å². The average molecular weight is 279 g/mol. The number of hydrogen-bond acceptors (Lipinski definition) is 4. The zero-order chi connectivity index (χ0) is 14.6. The summed E-state index contributed by atoms with van der Waals surface area (Å²) in [6.45, 7) is 2.16. The fraction of sp³-hybridized carbons (Fsp3) is 0.615. The Hall–Kier alpha value is -2.05. The van der Waals surface area contributed by atoms with E-state index in [1.54, 1.807) is 0 Å². The summed E-state index contributed by atoms with van der Waals surface area (Å²) in [5, 5.41) is 21.4. The number of carbonyl (C=O) groups is 1. The molecule has 0 atom stereocenters. The van der Waals surface area contributed by atoms with Crippen molar-refractivity contribution in [2.45, 2.75) is 44.6 Å². The first-order valence-corrected chi connectivity index (χ1v) is 6.90. The van der Waals surface area contributed by atoms with Gasteiger partial charge in [-0.15, -0.1) is 0 Å². The van der Waals surface area contributed by atoms with Gasteiger partial charge < -0.3 is 16.3 Å². The first kappa shape index (κ1) is 14.4. The lowest BCUT2D eigenvalue weighted by molar-refractivity contribution is 0.0895. The summed E-state index contributed by atoms with van der Waals surface area (Å²) in [6, 6.07) is 0. The smallest absolute Gasteiger partial charge is 0.255 e. The Morgan fingerprint density at radius 3 is 2.85 bits per heavy atom. The molecule has 1 heterocycles. The second-order valence-electron chi connectivity index (χ2n) is 5.36. The van der Waals surface area contributed by atoms with Crippen molar-refractivity contribution >= 4 is 11.7 Å². The van der Waals surface area contributed by atoms with Crippen LogP contribution >= 0.6 is 0 Å². The van der Waals surface area contributed by atoms with Gasteiger partial charge in [0.2, 0.25) is 0 Å². The molecule has 2 rings (SSSR count). The van der Waals surface area contributed by atoms with Gasteiger partial charge in [-0.1, -0.05) is 18.5 Å². The van der Waals surface area contributed by atoms with Crippen LogP contribution in [0.2, 0.25) is 0 Å². The van der Waals surface area contributed by atoms with Gasteiger partial charge in [0.15, 0.2) is 5.84 Å². The van der Waals surface area contributed by atoms with Gasteiger partial charge in [0.1, 0.15) is 5.54 Å². The van der Waals surface area contributed by atoms with Crippen molar-refractivity contribution in [3.8, 4) is 0 Å². The maximum absolute atomic E-state index is 12.2. The lowest BCUT2D eigenvalue weighted by Gasteiger charge is -2.39. The van der Waals surface area contributed by atoms with Crippen LogP contribution in [0.4, 0.5) is 0 Å². The van der Waals surface area contributed by atoms with Crippen molar-refractivity contribution in [3.63, 3.8) is 0 Å². The third-order valence-electron chi connectivity index (χ3n) is 4.25. The van der Waals surface area contributed by atoms with Gasteiger partial charge in [0.25, 0.3) is 5.91 Å². The van der Waals surface area contributed by atoms with E-state index in [0.717, 1.165) is 19.3 Å². The number of nitrogens with one attached hydrogen (secondary N) is 2. The highest BCUT2D eigenvalue weighted by Crippen LogP contribution is 2.34. The van der Waals surface area contributed by atoms with Crippen molar-refractivity contribution in [1.29, 1.82) is 0 Å². The molecule has 0 spiro atoms. The number of nitrogens with zero attached hydrogens (tertiary/aromatic N) is 2. The molecule has 0 unspecified atom stereocenters. The van der Waals surface area contributed by atoms with E-state index >= 15 is 0 Å². The van der Waals surface area contributed by atoms with Crippen LogP contribution < -0.4 is 11.1 Å². The molecule has 7 nitrogen and oxygen atoms in total.